The fourth-order valence-electron chi connectivity index (χ4n) is 4.55. The van der Waals surface area contributed by atoms with Gasteiger partial charge >= 0.3 is 0 Å². The van der Waals surface area contributed by atoms with Crippen LogP contribution in [-0.4, -0.2) is 87.4 Å². The largest absolute Gasteiger partial charge is 0.335 e. The molecule has 9 nitrogen and oxygen atoms in total. The van der Waals surface area contributed by atoms with Crippen LogP contribution in [0.4, 0.5) is 10.9 Å². The number of carbonyl (C=O) groups excluding carboxylic acids is 1. The Hall–Kier alpha value is -2.61. The van der Waals surface area contributed by atoms with Crippen LogP contribution in [0.1, 0.15) is 54.6 Å². The van der Waals surface area contributed by atoms with Gasteiger partial charge in [-0.05, 0) is 40.2 Å². The summed E-state index contributed by atoms with van der Waals surface area (Å²) in [5, 5.41) is 14.8. The molecule has 0 bridgehead atoms. The Morgan fingerprint density at radius 1 is 1.24 bits per heavy atom. The Kier molecular flexibility index (Phi) is 7.53. The van der Waals surface area contributed by atoms with E-state index in [-0.39, 0.29) is 11.8 Å². The smallest absolute Gasteiger partial charge is 0.273 e. The lowest BCUT2D eigenvalue weighted by molar-refractivity contribution is 0.0591. The summed E-state index contributed by atoms with van der Waals surface area (Å²) in [7, 11) is 0. The van der Waals surface area contributed by atoms with Crippen molar-refractivity contribution in [1.82, 2.24) is 29.7 Å². The molecule has 1 N–H and O–H groups in total. The molecule has 1 amide bonds. The Balaban J connectivity index is 1.41. The highest BCUT2D eigenvalue weighted by atomic mass is 32.1. The van der Waals surface area contributed by atoms with Gasteiger partial charge < -0.3 is 10.2 Å². The van der Waals surface area contributed by atoms with Gasteiger partial charge in [-0.1, -0.05) is 0 Å². The van der Waals surface area contributed by atoms with Crippen molar-refractivity contribution in [1.29, 1.82) is 5.26 Å². The lowest BCUT2D eigenvalue weighted by Crippen LogP contribution is -2.50. The first kappa shape index (κ1) is 23.5. The minimum Gasteiger partial charge on any atom is -0.335 e. The van der Waals surface area contributed by atoms with E-state index in [0.29, 0.717) is 35.1 Å². The number of nitrogens with zero attached hydrogens (tertiary/aromatic N) is 7. The van der Waals surface area contributed by atoms with Crippen molar-refractivity contribution in [3.05, 3.63) is 28.7 Å². The van der Waals surface area contributed by atoms with E-state index in [9.17, 15) is 4.79 Å². The Labute approximate surface area is 199 Å². The molecule has 0 aliphatic carbocycles. The average Bonchev–Trinajstić information content (AvgIpc) is 3.27. The number of hydrogen-bond donors (Lipinski definition) is 1. The molecule has 0 unspecified atom stereocenters. The zero-order chi connectivity index (χ0) is 23.4. The van der Waals surface area contributed by atoms with E-state index in [1.54, 1.807) is 0 Å². The van der Waals surface area contributed by atoms with E-state index in [4.69, 9.17) is 5.26 Å². The van der Waals surface area contributed by atoms with Gasteiger partial charge in [-0.15, -0.1) is 11.3 Å². The number of aromatic nitrogens is 3. The predicted octanol–water partition coefficient (Wildman–Crippen LogP) is 2.85. The number of nitriles is 1. The highest BCUT2D eigenvalue weighted by molar-refractivity contribution is 7.14. The zero-order valence-electron chi connectivity index (χ0n) is 19.6. The number of anilines is 2. The van der Waals surface area contributed by atoms with Crippen LogP contribution in [0, 0.1) is 18.3 Å². The summed E-state index contributed by atoms with van der Waals surface area (Å²) in [5.41, 5.74) is 1.47. The molecule has 10 heteroatoms. The lowest BCUT2D eigenvalue weighted by atomic mass is 9.94. The van der Waals surface area contributed by atoms with Gasteiger partial charge in [0.25, 0.3) is 5.91 Å². The van der Waals surface area contributed by atoms with E-state index in [0.717, 1.165) is 57.8 Å². The van der Waals surface area contributed by atoms with Crippen molar-refractivity contribution >= 4 is 28.2 Å². The number of rotatable bonds is 6. The molecule has 0 radical (unpaired) electrons. The van der Waals surface area contributed by atoms with Crippen LogP contribution in [0.3, 0.4) is 0 Å². The molecule has 2 aliphatic rings. The van der Waals surface area contributed by atoms with Gasteiger partial charge in [-0.3, -0.25) is 14.6 Å². The number of piperazine rings is 1. The third-order valence-electron chi connectivity index (χ3n) is 6.37. The molecule has 2 saturated heterocycles. The molecule has 2 fully saturated rings. The number of aryl methyl sites for hydroxylation is 1. The topological polar surface area (TPSA) is 101 Å². The summed E-state index contributed by atoms with van der Waals surface area (Å²) < 4.78 is 0. The number of nitrogens with one attached hydrogen (secondary N) is 1. The summed E-state index contributed by atoms with van der Waals surface area (Å²) in [5.74, 6) is 1.66. The number of thiazole rings is 1. The van der Waals surface area contributed by atoms with E-state index < -0.39 is 0 Å². The fourth-order valence-corrected chi connectivity index (χ4v) is 5.24. The van der Waals surface area contributed by atoms with Crippen LogP contribution < -0.4 is 5.32 Å². The molecule has 0 aromatic carbocycles. The quantitative estimate of drug-likeness (QED) is 0.646. The minimum absolute atomic E-state index is 0.0120. The highest BCUT2D eigenvalue weighted by Gasteiger charge is 2.26. The van der Waals surface area contributed by atoms with E-state index >= 15 is 0 Å². The van der Waals surface area contributed by atoms with Crippen LogP contribution in [-0.2, 0) is 0 Å². The van der Waals surface area contributed by atoms with Gasteiger partial charge in [0.1, 0.15) is 17.3 Å². The van der Waals surface area contributed by atoms with E-state index in [1.807, 2.05) is 23.3 Å². The third kappa shape index (κ3) is 5.85. The molecule has 2 aromatic rings. The van der Waals surface area contributed by atoms with Gasteiger partial charge in [0, 0.05) is 56.1 Å². The second-order valence-electron chi connectivity index (χ2n) is 9.04. The van der Waals surface area contributed by atoms with Gasteiger partial charge in [-0.2, -0.15) is 5.26 Å². The summed E-state index contributed by atoms with van der Waals surface area (Å²) in [6.45, 7) is 11.8. The van der Waals surface area contributed by atoms with Crippen molar-refractivity contribution in [2.75, 3.05) is 51.1 Å². The SMILES string of the molecule is Cc1nc(Nc2nc(C(=O)N3CCN(C(C)C)CC3)cs2)cc([C@H]2CCCN(CC#N)C2)n1. The molecule has 0 saturated carbocycles. The first-order valence-electron chi connectivity index (χ1n) is 11.6. The minimum atomic E-state index is -0.0120. The first-order chi connectivity index (χ1) is 15.9. The van der Waals surface area contributed by atoms with Crippen molar-refractivity contribution < 1.29 is 4.79 Å². The van der Waals surface area contributed by atoms with Crippen LogP contribution in [0.15, 0.2) is 11.4 Å². The average molecular weight is 469 g/mol. The second kappa shape index (κ2) is 10.5. The van der Waals surface area contributed by atoms with Gasteiger partial charge in [-0.25, -0.2) is 15.0 Å². The van der Waals surface area contributed by atoms with Crippen LogP contribution >= 0.6 is 11.3 Å². The standard InChI is InChI=1S/C23H32N8OS/c1-16(2)30-9-11-31(12-10-30)22(32)20-15-33-23(27-20)28-21-13-19(25-17(3)26-21)18-5-4-7-29(14-18)8-6-24/h13,15-16,18H,4-5,7-12,14H2,1-3H3,(H,25,26,27,28)/t18-/m0/s1. The number of carbonyl (C=O) groups is 1. The fraction of sp³-hybridized carbons (Fsp3) is 0.609. The molecule has 1 atom stereocenters. The number of amides is 1. The monoisotopic (exact) mass is 468 g/mol. The van der Waals surface area contributed by atoms with Gasteiger partial charge in [0.05, 0.1) is 18.3 Å². The summed E-state index contributed by atoms with van der Waals surface area (Å²) in [6, 6.07) is 4.72. The van der Waals surface area contributed by atoms with Crippen molar-refractivity contribution in [2.24, 2.45) is 0 Å². The molecule has 176 valence electrons. The first-order valence-corrected chi connectivity index (χ1v) is 12.5. The van der Waals surface area contributed by atoms with Crippen LogP contribution in [0.2, 0.25) is 0 Å². The maximum Gasteiger partial charge on any atom is 0.273 e. The van der Waals surface area contributed by atoms with Gasteiger partial charge in [0.2, 0.25) is 0 Å². The Bertz CT molecular complexity index is 1010. The Morgan fingerprint density at radius 3 is 2.76 bits per heavy atom. The highest BCUT2D eigenvalue weighted by Crippen LogP contribution is 2.28. The van der Waals surface area contributed by atoms with Gasteiger partial charge in [0.15, 0.2) is 5.13 Å². The molecule has 4 heterocycles. The number of piperidine rings is 1. The van der Waals surface area contributed by atoms with E-state index in [1.165, 1.54) is 11.3 Å². The maximum atomic E-state index is 12.9. The summed E-state index contributed by atoms with van der Waals surface area (Å²) >= 11 is 1.41. The Morgan fingerprint density at radius 2 is 2.03 bits per heavy atom. The molecule has 2 aliphatic heterocycles. The molecule has 4 rings (SSSR count). The van der Waals surface area contributed by atoms with E-state index in [2.05, 4.69) is 50.0 Å². The summed E-state index contributed by atoms with van der Waals surface area (Å²) in [4.78, 5) is 33.1. The predicted molar refractivity (Wildman–Crippen MR) is 129 cm³/mol. The van der Waals surface area contributed by atoms with Crippen LogP contribution in [0.5, 0.6) is 0 Å². The lowest BCUT2D eigenvalue weighted by Gasteiger charge is -2.36. The molecular weight excluding hydrogens is 436 g/mol. The second-order valence-corrected chi connectivity index (χ2v) is 9.90. The number of hydrogen-bond acceptors (Lipinski definition) is 9. The normalized spacial score (nSPS) is 20.1. The molecular formula is C23H32N8OS. The van der Waals surface area contributed by atoms with Crippen molar-refractivity contribution in [3.63, 3.8) is 0 Å². The van der Waals surface area contributed by atoms with Crippen molar-refractivity contribution in [2.45, 2.75) is 45.6 Å². The third-order valence-corrected chi connectivity index (χ3v) is 7.12. The molecule has 0 spiro atoms. The summed E-state index contributed by atoms with van der Waals surface area (Å²) in [6.07, 6.45) is 2.11. The molecule has 33 heavy (non-hydrogen) atoms. The number of likely N-dealkylation sites (tertiary alicyclic amines) is 1. The molecule has 2 aromatic heterocycles. The maximum absolute atomic E-state index is 12.9. The van der Waals surface area contributed by atoms with Crippen LogP contribution in [0.25, 0.3) is 0 Å². The van der Waals surface area contributed by atoms with Crippen molar-refractivity contribution in [3.8, 4) is 6.07 Å². The zero-order valence-corrected chi connectivity index (χ0v) is 20.4.